The number of fused-ring (bicyclic) bond motifs is 2. The highest BCUT2D eigenvalue weighted by Gasteiger charge is 2.48. The Morgan fingerprint density at radius 2 is 1.72 bits per heavy atom. The molecule has 4 amide bonds. The van der Waals surface area contributed by atoms with Crippen LogP contribution in [0.25, 0.3) is 10.9 Å². The smallest absolute Gasteiger partial charge is 0.254 e. The molecule has 2 aliphatic rings. The Kier molecular flexibility index (Phi) is 11.9. The van der Waals surface area contributed by atoms with E-state index < -0.39 is 12.0 Å². The third-order valence-corrected chi connectivity index (χ3v) is 10.7. The number of halogens is 1. The second kappa shape index (κ2) is 16.8. The van der Waals surface area contributed by atoms with Gasteiger partial charge in [0.15, 0.2) is 11.5 Å². The van der Waals surface area contributed by atoms with Crippen LogP contribution in [0, 0.1) is 17.8 Å². The Bertz CT molecular complexity index is 1950. The van der Waals surface area contributed by atoms with E-state index in [4.69, 9.17) is 21.1 Å². The highest BCUT2D eigenvalue weighted by Crippen LogP contribution is 2.38. The lowest BCUT2D eigenvalue weighted by Gasteiger charge is -2.40. The van der Waals surface area contributed by atoms with E-state index in [1.165, 1.54) is 7.11 Å². The zero-order valence-corrected chi connectivity index (χ0v) is 31.4. The first-order valence-corrected chi connectivity index (χ1v) is 18.7. The topological polar surface area (TPSA) is 133 Å². The molecule has 4 atom stereocenters. The number of H-pyrrole nitrogens is 1. The molecular formula is C41H48ClN5O6. The minimum absolute atomic E-state index is 0.0680. The lowest BCUT2D eigenvalue weighted by Crippen LogP contribution is -2.56. The zero-order valence-electron chi connectivity index (χ0n) is 30.7. The molecule has 2 saturated heterocycles. The number of amides is 4. The van der Waals surface area contributed by atoms with Gasteiger partial charge in [0.2, 0.25) is 17.7 Å². The second-order valence-corrected chi connectivity index (χ2v) is 14.7. The van der Waals surface area contributed by atoms with Crippen molar-refractivity contribution in [2.24, 2.45) is 17.8 Å². The summed E-state index contributed by atoms with van der Waals surface area (Å²) in [5, 5.41) is 7.19. The number of nitrogens with one attached hydrogen (secondary N) is 3. The molecule has 12 heteroatoms. The molecule has 4 aromatic rings. The van der Waals surface area contributed by atoms with E-state index in [1.54, 1.807) is 47.3 Å². The Morgan fingerprint density at radius 3 is 2.45 bits per heavy atom. The number of methoxy groups -OCH3 is 1. The van der Waals surface area contributed by atoms with Crippen molar-refractivity contribution in [3.63, 3.8) is 0 Å². The van der Waals surface area contributed by atoms with Gasteiger partial charge in [-0.2, -0.15) is 0 Å². The summed E-state index contributed by atoms with van der Waals surface area (Å²) in [7, 11) is 3.10. The molecule has 0 aliphatic carbocycles. The Morgan fingerprint density at radius 1 is 0.943 bits per heavy atom. The fourth-order valence-electron chi connectivity index (χ4n) is 7.73. The van der Waals surface area contributed by atoms with Crippen LogP contribution in [0.3, 0.4) is 0 Å². The van der Waals surface area contributed by atoms with E-state index in [0.717, 1.165) is 28.5 Å². The number of ether oxygens (including phenoxy) is 2. The number of hydrogen-bond donors (Lipinski definition) is 3. The van der Waals surface area contributed by atoms with Crippen molar-refractivity contribution in [2.45, 2.75) is 51.7 Å². The van der Waals surface area contributed by atoms with Crippen LogP contribution in [0.15, 0.2) is 72.9 Å². The van der Waals surface area contributed by atoms with Crippen LogP contribution in [-0.4, -0.2) is 90.9 Å². The lowest BCUT2D eigenvalue weighted by molar-refractivity contribution is -0.140. The molecular weight excluding hydrogens is 694 g/mol. The Balaban J connectivity index is 1.22. The average Bonchev–Trinajstić information content (AvgIpc) is 3.79. The number of likely N-dealkylation sites (tertiary alicyclic amines) is 2. The maximum atomic E-state index is 14.3. The monoisotopic (exact) mass is 741 g/mol. The summed E-state index contributed by atoms with van der Waals surface area (Å²) in [4.78, 5) is 62.0. The molecule has 11 nitrogen and oxygen atoms in total. The third-order valence-electron chi connectivity index (χ3n) is 10.4. The van der Waals surface area contributed by atoms with Gasteiger partial charge in [-0.1, -0.05) is 54.1 Å². The summed E-state index contributed by atoms with van der Waals surface area (Å²) in [6.07, 6.45) is 3.78. The summed E-state index contributed by atoms with van der Waals surface area (Å²) < 4.78 is 11.4. The third kappa shape index (κ3) is 8.62. The summed E-state index contributed by atoms with van der Waals surface area (Å²) in [5.41, 5.74) is 3.19. The molecule has 3 aromatic carbocycles. The van der Waals surface area contributed by atoms with E-state index in [0.29, 0.717) is 54.6 Å². The number of aromatic amines is 1. The van der Waals surface area contributed by atoms with Crippen LogP contribution in [0.5, 0.6) is 11.5 Å². The molecule has 1 aromatic heterocycles. The number of para-hydroxylation sites is 1. The van der Waals surface area contributed by atoms with Crippen LogP contribution in [-0.2, 0) is 27.2 Å². The van der Waals surface area contributed by atoms with E-state index in [-0.39, 0.29) is 54.5 Å². The number of nitrogens with zero attached hydrogens (tertiary/aromatic N) is 2. The molecule has 2 fully saturated rings. The van der Waals surface area contributed by atoms with Crippen molar-refractivity contribution in [1.82, 2.24) is 25.4 Å². The number of piperidine rings is 1. The minimum atomic E-state index is -0.741. The molecule has 3 heterocycles. The van der Waals surface area contributed by atoms with E-state index in [1.807, 2.05) is 56.3 Å². The van der Waals surface area contributed by atoms with Gasteiger partial charge in [0.05, 0.1) is 36.1 Å². The molecule has 53 heavy (non-hydrogen) atoms. The summed E-state index contributed by atoms with van der Waals surface area (Å²) in [6.45, 7) is 5.14. The highest BCUT2D eigenvalue weighted by molar-refractivity contribution is 6.35. The van der Waals surface area contributed by atoms with E-state index in [9.17, 15) is 19.2 Å². The highest BCUT2D eigenvalue weighted by atomic mass is 35.5. The molecule has 0 saturated carbocycles. The van der Waals surface area contributed by atoms with Gasteiger partial charge in [-0.3, -0.25) is 19.2 Å². The van der Waals surface area contributed by atoms with Gasteiger partial charge in [0.25, 0.3) is 5.91 Å². The first-order chi connectivity index (χ1) is 25.6. The molecule has 3 N–H and O–H groups in total. The SMILES string of the molecule is CNC(=O)[C@H](CCCc1ccccc1)NC(=O)C1CN(C(=O)Cc2c[nH]c3c(Cl)cccc23)CC2CN(C(=O)c3ccc(OC(C)C)c(OC)c3)CC21. The van der Waals surface area contributed by atoms with Crippen molar-refractivity contribution >= 4 is 46.1 Å². The van der Waals surface area contributed by atoms with Crippen molar-refractivity contribution in [3.05, 3.63) is 94.6 Å². The van der Waals surface area contributed by atoms with Gasteiger partial charge >= 0.3 is 0 Å². The minimum Gasteiger partial charge on any atom is -0.493 e. The van der Waals surface area contributed by atoms with Crippen LogP contribution in [0.2, 0.25) is 5.02 Å². The largest absolute Gasteiger partial charge is 0.493 e. The molecule has 280 valence electrons. The first kappa shape index (κ1) is 37.7. The van der Waals surface area contributed by atoms with Crippen molar-refractivity contribution < 1.29 is 28.7 Å². The fourth-order valence-corrected chi connectivity index (χ4v) is 7.96. The molecule has 0 bridgehead atoms. The van der Waals surface area contributed by atoms with E-state index in [2.05, 4.69) is 15.6 Å². The number of carbonyl (C=O) groups excluding carboxylic acids is 4. The number of aryl methyl sites for hydroxylation is 1. The van der Waals surface area contributed by atoms with Crippen molar-refractivity contribution in [1.29, 1.82) is 0 Å². The molecule has 3 unspecified atom stereocenters. The predicted octanol–water partition coefficient (Wildman–Crippen LogP) is 5.26. The summed E-state index contributed by atoms with van der Waals surface area (Å²) in [5.74, 6) is -0.864. The normalized spacial score (nSPS) is 18.8. The first-order valence-electron chi connectivity index (χ1n) is 18.3. The standard InChI is InChI=1S/C41H48ClN5O6/c1-25(2)53-35-17-16-27(18-36(35)52-4)41(51)47-22-29-21-46(37(48)19-28-20-44-38-30(28)13-9-14-33(38)42)24-32(31(29)23-47)39(49)45-34(40(50)43-3)15-8-12-26-10-6-5-7-11-26/h5-7,9-11,13-14,16-18,20,25,29,31-32,34,44H,8,12,15,19,21-24H2,1-4H3,(H,43,50)(H,45,49)/t29?,31?,32?,34-/m0/s1. The van der Waals surface area contributed by atoms with Crippen LogP contribution in [0.4, 0.5) is 0 Å². The number of likely N-dealkylation sites (N-methyl/N-ethyl adjacent to an activating group) is 1. The maximum absolute atomic E-state index is 14.3. The van der Waals surface area contributed by atoms with Crippen molar-refractivity contribution in [3.8, 4) is 11.5 Å². The van der Waals surface area contributed by atoms with Crippen molar-refractivity contribution in [2.75, 3.05) is 40.3 Å². The van der Waals surface area contributed by atoms with Crippen LogP contribution in [0.1, 0.15) is 48.2 Å². The van der Waals surface area contributed by atoms with Gasteiger partial charge in [0.1, 0.15) is 6.04 Å². The Labute approximate surface area is 315 Å². The summed E-state index contributed by atoms with van der Waals surface area (Å²) in [6, 6.07) is 20.0. The molecule has 0 radical (unpaired) electrons. The number of hydrogen-bond acceptors (Lipinski definition) is 6. The average molecular weight is 742 g/mol. The number of rotatable bonds is 13. The van der Waals surface area contributed by atoms with Crippen LogP contribution < -0.4 is 20.1 Å². The Hall–Kier alpha value is -5.03. The molecule has 0 spiro atoms. The molecule has 6 rings (SSSR count). The number of benzene rings is 3. The van der Waals surface area contributed by atoms with Gasteiger partial charge in [-0.05, 0) is 80.3 Å². The van der Waals surface area contributed by atoms with Gasteiger partial charge in [-0.15, -0.1) is 0 Å². The quantitative estimate of drug-likeness (QED) is 0.171. The maximum Gasteiger partial charge on any atom is 0.254 e. The van der Waals surface area contributed by atoms with E-state index >= 15 is 0 Å². The van der Waals surface area contributed by atoms with Gasteiger partial charge in [0, 0.05) is 50.4 Å². The number of aromatic nitrogens is 1. The second-order valence-electron chi connectivity index (χ2n) is 14.3. The number of carbonyl (C=O) groups is 4. The predicted molar refractivity (Wildman–Crippen MR) is 204 cm³/mol. The lowest BCUT2D eigenvalue weighted by atomic mass is 9.79. The van der Waals surface area contributed by atoms with Crippen LogP contribution >= 0.6 is 11.6 Å². The molecule has 2 aliphatic heterocycles. The zero-order chi connectivity index (χ0) is 37.6. The summed E-state index contributed by atoms with van der Waals surface area (Å²) >= 11 is 6.39. The van der Waals surface area contributed by atoms with Gasteiger partial charge < -0.3 is 34.9 Å². The fraction of sp³-hybridized carbons (Fsp3) is 0.415. The van der Waals surface area contributed by atoms with Gasteiger partial charge in [-0.25, -0.2) is 0 Å².